The molecule has 4 nitrogen and oxygen atoms in total. The second-order valence-electron chi connectivity index (χ2n) is 4.97. The number of hydrogen-bond acceptors (Lipinski definition) is 3. The van der Waals surface area contributed by atoms with Gasteiger partial charge in [-0.25, -0.2) is 0 Å². The van der Waals surface area contributed by atoms with Gasteiger partial charge in [0, 0.05) is 12.5 Å². The maximum Gasteiger partial charge on any atom is 0.287 e. The lowest BCUT2D eigenvalue weighted by molar-refractivity contribution is 0.0903. The highest BCUT2D eigenvalue weighted by Crippen LogP contribution is 2.18. The van der Waals surface area contributed by atoms with E-state index < -0.39 is 0 Å². The Balaban J connectivity index is 1.89. The molecule has 1 saturated carbocycles. The Labute approximate surface area is 108 Å². The molecule has 1 aromatic heterocycles. The third-order valence-corrected chi connectivity index (χ3v) is 3.47. The minimum Gasteiger partial charge on any atom is -0.456 e. The molecule has 1 aliphatic rings. The largest absolute Gasteiger partial charge is 0.456 e. The Morgan fingerprint density at radius 3 is 2.67 bits per heavy atom. The van der Waals surface area contributed by atoms with Crippen molar-refractivity contribution in [2.75, 3.05) is 6.54 Å². The van der Waals surface area contributed by atoms with E-state index in [-0.39, 0.29) is 5.91 Å². The van der Waals surface area contributed by atoms with E-state index in [0.717, 1.165) is 18.6 Å². The molecule has 2 rings (SSSR count). The van der Waals surface area contributed by atoms with Gasteiger partial charge in [-0.2, -0.15) is 0 Å². The molecule has 0 spiro atoms. The molecule has 1 amide bonds. The molecule has 0 unspecified atom stereocenters. The van der Waals surface area contributed by atoms with Gasteiger partial charge in [0.2, 0.25) is 0 Å². The number of furan rings is 1. The number of amides is 1. The van der Waals surface area contributed by atoms with Gasteiger partial charge in [0.05, 0.1) is 0 Å². The first-order valence-electron chi connectivity index (χ1n) is 6.89. The zero-order valence-electron chi connectivity index (χ0n) is 10.8. The van der Waals surface area contributed by atoms with Gasteiger partial charge in [0.1, 0.15) is 5.76 Å². The van der Waals surface area contributed by atoms with E-state index in [9.17, 15) is 4.79 Å². The van der Waals surface area contributed by atoms with Crippen LogP contribution in [0.15, 0.2) is 16.5 Å². The van der Waals surface area contributed by atoms with Crippen LogP contribution in [0.4, 0.5) is 0 Å². The van der Waals surface area contributed by atoms with Crippen molar-refractivity contribution < 1.29 is 9.21 Å². The number of carbonyl (C=O) groups excluding carboxylic acids is 1. The molecule has 0 radical (unpaired) electrons. The molecular weight excluding hydrogens is 228 g/mol. The van der Waals surface area contributed by atoms with E-state index in [1.165, 1.54) is 25.7 Å². The normalized spacial score (nSPS) is 17.4. The van der Waals surface area contributed by atoms with Crippen LogP contribution in [0, 0.1) is 0 Å². The fraction of sp³-hybridized carbons (Fsp3) is 0.643. The van der Waals surface area contributed by atoms with Crippen molar-refractivity contribution in [3.63, 3.8) is 0 Å². The molecule has 1 aliphatic carbocycles. The summed E-state index contributed by atoms with van der Waals surface area (Å²) in [6.45, 7) is 0.539. The predicted molar refractivity (Wildman–Crippen MR) is 70.4 cm³/mol. The Morgan fingerprint density at radius 2 is 2.00 bits per heavy atom. The first-order chi connectivity index (χ1) is 8.79. The van der Waals surface area contributed by atoms with Crippen molar-refractivity contribution in [3.8, 4) is 0 Å². The molecular formula is C14H22N2O2. The van der Waals surface area contributed by atoms with E-state index in [1.807, 2.05) is 6.07 Å². The minimum atomic E-state index is -0.0924. The summed E-state index contributed by atoms with van der Waals surface area (Å²) in [7, 11) is 0. The van der Waals surface area contributed by atoms with E-state index in [4.69, 9.17) is 10.2 Å². The molecule has 1 fully saturated rings. The maximum absolute atomic E-state index is 12.0. The third-order valence-electron chi connectivity index (χ3n) is 3.47. The fourth-order valence-corrected chi connectivity index (χ4v) is 2.46. The predicted octanol–water partition coefficient (Wildman–Crippen LogP) is 2.23. The molecule has 4 heteroatoms. The van der Waals surface area contributed by atoms with Gasteiger partial charge in [-0.05, 0) is 31.5 Å². The van der Waals surface area contributed by atoms with Crippen LogP contribution >= 0.6 is 0 Å². The Bertz CT molecular complexity index is 379. The van der Waals surface area contributed by atoms with Gasteiger partial charge in [-0.3, -0.25) is 4.79 Å². The van der Waals surface area contributed by atoms with Crippen LogP contribution in [0.5, 0.6) is 0 Å². The number of hydrogen-bond donors (Lipinski definition) is 2. The summed E-state index contributed by atoms with van der Waals surface area (Å²) in [5.74, 6) is 1.09. The summed E-state index contributed by atoms with van der Waals surface area (Å²) in [5, 5.41) is 3.07. The molecule has 0 atom stereocenters. The molecule has 1 aromatic rings. The van der Waals surface area contributed by atoms with Crippen molar-refractivity contribution in [1.82, 2.24) is 5.32 Å². The molecule has 18 heavy (non-hydrogen) atoms. The van der Waals surface area contributed by atoms with Crippen LogP contribution in [0.1, 0.15) is 54.8 Å². The van der Waals surface area contributed by atoms with Crippen LogP contribution in [0.2, 0.25) is 0 Å². The zero-order chi connectivity index (χ0) is 12.8. The van der Waals surface area contributed by atoms with Crippen molar-refractivity contribution in [2.45, 2.75) is 51.0 Å². The van der Waals surface area contributed by atoms with Crippen LogP contribution in [0.25, 0.3) is 0 Å². The van der Waals surface area contributed by atoms with E-state index in [2.05, 4.69) is 5.32 Å². The summed E-state index contributed by atoms with van der Waals surface area (Å²) >= 11 is 0. The molecule has 1 heterocycles. The molecule has 100 valence electrons. The van der Waals surface area contributed by atoms with Crippen molar-refractivity contribution >= 4 is 5.91 Å². The van der Waals surface area contributed by atoms with Gasteiger partial charge >= 0.3 is 0 Å². The minimum absolute atomic E-state index is 0.0924. The second kappa shape index (κ2) is 6.59. The zero-order valence-corrected chi connectivity index (χ0v) is 10.8. The molecule has 3 N–H and O–H groups in total. The molecule has 0 aliphatic heterocycles. The molecule has 0 bridgehead atoms. The highest BCUT2D eigenvalue weighted by atomic mass is 16.3. The van der Waals surface area contributed by atoms with Crippen LogP contribution < -0.4 is 11.1 Å². The quantitative estimate of drug-likeness (QED) is 0.805. The third kappa shape index (κ3) is 3.60. The Morgan fingerprint density at radius 1 is 1.28 bits per heavy atom. The number of rotatable bonds is 4. The lowest BCUT2D eigenvalue weighted by Gasteiger charge is -2.14. The maximum atomic E-state index is 12.0. The first-order valence-corrected chi connectivity index (χ1v) is 6.89. The van der Waals surface area contributed by atoms with Crippen LogP contribution in [-0.4, -0.2) is 18.5 Å². The van der Waals surface area contributed by atoms with Gasteiger partial charge in [-0.1, -0.05) is 25.7 Å². The van der Waals surface area contributed by atoms with Gasteiger partial charge < -0.3 is 15.5 Å². The lowest BCUT2D eigenvalue weighted by Crippen LogP contribution is -2.34. The van der Waals surface area contributed by atoms with Crippen molar-refractivity contribution in [1.29, 1.82) is 0 Å². The fourth-order valence-electron chi connectivity index (χ4n) is 2.46. The smallest absolute Gasteiger partial charge is 0.287 e. The van der Waals surface area contributed by atoms with E-state index in [1.54, 1.807) is 6.07 Å². The summed E-state index contributed by atoms with van der Waals surface area (Å²) in [4.78, 5) is 12.0. The first kappa shape index (κ1) is 13.1. The summed E-state index contributed by atoms with van der Waals surface area (Å²) in [5.41, 5.74) is 5.45. The summed E-state index contributed by atoms with van der Waals surface area (Å²) < 4.78 is 5.47. The van der Waals surface area contributed by atoms with Gasteiger partial charge in [0.25, 0.3) is 5.91 Å². The van der Waals surface area contributed by atoms with Gasteiger partial charge in [0.15, 0.2) is 5.76 Å². The van der Waals surface area contributed by atoms with Crippen LogP contribution in [0.3, 0.4) is 0 Å². The molecule has 0 aromatic carbocycles. The number of nitrogens with two attached hydrogens (primary N) is 1. The standard InChI is InChI=1S/C14H22N2O2/c15-10-9-12-7-8-13(18-12)14(17)16-11-5-3-1-2-4-6-11/h7-8,11H,1-6,9-10,15H2,(H,16,17). The summed E-state index contributed by atoms with van der Waals surface area (Å²) in [6.07, 6.45) is 7.84. The Kier molecular flexibility index (Phi) is 4.81. The topological polar surface area (TPSA) is 68.3 Å². The van der Waals surface area contributed by atoms with E-state index in [0.29, 0.717) is 24.8 Å². The van der Waals surface area contributed by atoms with E-state index >= 15 is 0 Å². The highest BCUT2D eigenvalue weighted by Gasteiger charge is 2.17. The monoisotopic (exact) mass is 250 g/mol. The average Bonchev–Trinajstić information content (AvgIpc) is 2.67. The molecule has 0 saturated heterocycles. The lowest BCUT2D eigenvalue weighted by atomic mass is 10.1. The summed E-state index contributed by atoms with van der Waals surface area (Å²) in [6, 6.07) is 3.87. The SMILES string of the molecule is NCCc1ccc(C(=O)NC2CCCCCC2)o1. The van der Waals surface area contributed by atoms with Gasteiger partial charge in [-0.15, -0.1) is 0 Å². The van der Waals surface area contributed by atoms with Crippen LogP contribution in [-0.2, 0) is 6.42 Å². The van der Waals surface area contributed by atoms with Crippen molar-refractivity contribution in [2.24, 2.45) is 5.73 Å². The second-order valence-corrected chi connectivity index (χ2v) is 4.97. The number of nitrogens with one attached hydrogen (secondary N) is 1. The average molecular weight is 250 g/mol. The Hall–Kier alpha value is -1.29. The highest BCUT2D eigenvalue weighted by molar-refractivity contribution is 5.91. The van der Waals surface area contributed by atoms with Crippen molar-refractivity contribution in [3.05, 3.63) is 23.7 Å². The number of carbonyl (C=O) groups is 1.